The second-order valence-electron chi connectivity index (χ2n) is 8.12. The lowest BCUT2D eigenvalue weighted by molar-refractivity contribution is -0.122. The number of benzene rings is 1. The average molecular weight is 396 g/mol. The van der Waals surface area contributed by atoms with Gasteiger partial charge in [0.15, 0.2) is 0 Å². The van der Waals surface area contributed by atoms with E-state index in [2.05, 4.69) is 15.4 Å². The molecule has 2 bridgehead atoms. The minimum atomic E-state index is -0.321. The van der Waals surface area contributed by atoms with Gasteiger partial charge in [0.1, 0.15) is 5.76 Å². The molecular weight excluding hydrogens is 368 g/mol. The van der Waals surface area contributed by atoms with Gasteiger partial charge in [0, 0.05) is 49.4 Å². The van der Waals surface area contributed by atoms with Gasteiger partial charge >= 0.3 is 0 Å². The Balaban J connectivity index is 1.41. The molecule has 2 aliphatic rings. The van der Waals surface area contributed by atoms with Crippen molar-refractivity contribution in [3.63, 3.8) is 0 Å². The number of aryl methyl sites for hydroxylation is 2. The predicted molar refractivity (Wildman–Crippen MR) is 109 cm³/mol. The van der Waals surface area contributed by atoms with Gasteiger partial charge in [-0.25, -0.2) is 0 Å². The smallest absolute Gasteiger partial charge is 0.254 e. The van der Waals surface area contributed by atoms with E-state index >= 15 is 0 Å². The molecule has 1 unspecified atom stereocenters. The molecule has 2 saturated heterocycles. The van der Waals surface area contributed by atoms with Crippen LogP contribution in [0.5, 0.6) is 0 Å². The molecule has 3 heterocycles. The van der Waals surface area contributed by atoms with Gasteiger partial charge in [-0.05, 0) is 39.3 Å². The summed E-state index contributed by atoms with van der Waals surface area (Å²) < 4.78 is 5.20. The first-order valence-corrected chi connectivity index (χ1v) is 10.3. The van der Waals surface area contributed by atoms with E-state index in [1.165, 1.54) is 0 Å². The first-order valence-electron chi connectivity index (χ1n) is 10.3. The van der Waals surface area contributed by atoms with Crippen LogP contribution in [0, 0.1) is 13.8 Å². The Morgan fingerprint density at radius 3 is 2.69 bits per heavy atom. The molecule has 2 aliphatic heterocycles. The minimum absolute atomic E-state index is 0.0401. The van der Waals surface area contributed by atoms with Crippen molar-refractivity contribution in [2.45, 2.75) is 45.2 Å². The van der Waals surface area contributed by atoms with E-state index in [1.807, 2.05) is 56.0 Å². The summed E-state index contributed by atoms with van der Waals surface area (Å²) in [6.45, 7) is 8.56. The number of carbonyl (C=O) groups is 2. The summed E-state index contributed by atoms with van der Waals surface area (Å²) in [4.78, 5) is 30.1. The monoisotopic (exact) mass is 396 g/mol. The van der Waals surface area contributed by atoms with Crippen molar-refractivity contribution in [1.29, 1.82) is 0 Å². The number of amides is 2. The molecule has 2 aromatic rings. The number of hydrogen-bond acceptors (Lipinski definition) is 5. The molecule has 154 valence electrons. The van der Waals surface area contributed by atoms with Crippen LogP contribution in [-0.2, 0) is 4.79 Å². The van der Waals surface area contributed by atoms with Crippen molar-refractivity contribution in [2.75, 3.05) is 26.2 Å². The number of aromatic nitrogens is 1. The van der Waals surface area contributed by atoms with E-state index in [9.17, 15) is 9.59 Å². The Bertz CT molecular complexity index is 875. The molecule has 7 heteroatoms. The highest BCUT2D eigenvalue weighted by Crippen LogP contribution is 2.27. The molecule has 4 rings (SSSR count). The van der Waals surface area contributed by atoms with Crippen LogP contribution in [0.4, 0.5) is 0 Å². The van der Waals surface area contributed by atoms with Crippen LogP contribution in [0.25, 0.3) is 0 Å². The fraction of sp³-hybridized carbons (Fsp3) is 0.500. The maximum absolute atomic E-state index is 13.0. The third kappa shape index (κ3) is 3.79. The topological polar surface area (TPSA) is 78.7 Å². The SMILES string of the molecule is Cc1noc(C)c1[C@@H](C)C(=O)NC[C@H]1CN(C(=O)c2ccccc2)[C@H]2CCN1C2. The number of nitrogens with one attached hydrogen (secondary N) is 1. The Kier molecular flexibility index (Phi) is 5.41. The summed E-state index contributed by atoms with van der Waals surface area (Å²) in [5.41, 5.74) is 2.33. The van der Waals surface area contributed by atoms with Gasteiger partial charge in [-0.2, -0.15) is 0 Å². The van der Waals surface area contributed by atoms with E-state index < -0.39 is 0 Å². The lowest BCUT2D eigenvalue weighted by atomic mass is 9.98. The van der Waals surface area contributed by atoms with Gasteiger partial charge in [-0.3, -0.25) is 14.5 Å². The van der Waals surface area contributed by atoms with Crippen LogP contribution in [0.1, 0.15) is 46.6 Å². The zero-order valence-corrected chi connectivity index (χ0v) is 17.2. The molecular formula is C22H28N4O3. The molecule has 7 nitrogen and oxygen atoms in total. The number of rotatable bonds is 5. The maximum atomic E-state index is 13.0. The molecule has 1 aromatic carbocycles. The van der Waals surface area contributed by atoms with E-state index in [0.717, 1.165) is 36.3 Å². The quantitative estimate of drug-likeness (QED) is 0.838. The van der Waals surface area contributed by atoms with Gasteiger partial charge in [-0.15, -0.1) is 0 Å². The number of piperazine rings is 1. The van der Waals surface area contributed by atoms with Gasteiger partial charge in [0.05, 0.1) is 11.6 Å². The third-order valence-electron chi connectivity index (χ3n) is 6.27. The van der Waals surface area contributed by atoms with Gasteiger partial charge in [0.2, 0.25) is 5.91 Å². The Morgan fingerprint density at radius 1 is 1.24 bits per heavy atom. The van der Waals surface area contributed by atoms with Crippen LogP contribution in [0.2, 0.25) is 0 Å². The molecule has 2 fully saturated rings. The Labute approximate surface area is 171 Å². The zero-order chi connectivity index (χ0) is 20.5. The molecule has 29 heavy (non-hydrogen) atoms. The highest BCUT2D eigenvalue weighted by atomic mass is 16.5. The molecule has 1 N–H and O–H groups in total. The second kappa shape index (κ2) is 7.99. The van der Waals surface area contributed by atoms with E-state index in [0.29, 0.717) is 18.8 Å². The van der Waals surface area contributed by atoms with Crippen LogP contribution in [0.3, 0.4) is 0 Å². The fourth-order valence-corrected chi connectivity index (χ4v) is 4.65. The highest BCUT2D eigenvalue weighted by Gasteiger charge is 2.41. The number of carbonyl (C=O) groups excluding carboxylic acids is 2. The molecule has 2 amide bonds. The number of fused-ring (bicyclic) bond motifs is 2. The van der Waals surface area contributed by atoms with Crippen molar-refractivity contribution in [1.82, 2.24) is 20.3 Å². The molecule has 0 radical (unpaired) electrons. The lowest BCUT2D eigenvalue weighted by Gasteiger charge is -2.40. The standard InChI is InChI=1S/C22H28N4O3/c1-14(20-15(2)24-29-16(20)3)21(27)23-11-19-13-26(18-9-10-25(19)12-18)22(28)17-7-5-4-6-8-17/h4-8,14,18-19H,9-13H2,1-3H3,(H,23,27)/t14-,18+,19+/m1/s1. The highest BCUT2D eigenvalue weighted by molar-refractivity contribution is 5.94. The molecule has 4 atom stereocenters. The number of hydrogen-bond donors (Lipinski definition) is 1. The van der Waals surface area contributed by atoms with Crippen molar-refractivity contribution < 1.29 is 14.1 Å². The summed E-state index contributed by atoms with van der Waals surface area (Å²) >= 11 is 0. The minimum Gasteiger partial charge on any atom is -0.361 e. The third-order valence-corrected chi connectivity index (χ3v) is 6.27. The van der Waals surface area contributed by atoms with Crippen LogP contribution in [-0.4, -0.2) is 65.0 Å². The van der Waals surface area contributed by atoms with Crippen molar-refractivity contribution >= 4 is 11.8 Å². The van der Waals surface area contributed by atoms with Crippen LogP contribution < -0.4 is 5.32 Å². The van der Waals surface area contributed by atoms with Crippen molar-refractivity contribution in [3.05, 3.63) is 52.9 Å². The molecule has 0 spiro atoms. The maximum Gasteiger partial charge on any atom is 0.254 e. The van der Waals surface area contributed by atoms with Gasteiger partial charge in [-0.1, -0.05) is 23.4 Å². The van der Waals surface area contributed by atoms with E-state index in [-0.39, 0.29) is 29.8 Å². The van der Waals surface area contributed by atoms with Crippen molar-refractivity contribution in [2.24, 2.45) is 0 Å². The van der Waals surface area contributed by atoms with Gasteiger partial charge < -0.3 is 14.7 Å². The average Bonchev–Trinajstić information content (AvgIpc) is 3.30. The molecule has 0 saturated carbocycles. The fourth-order valence-electron chi connectivity index (χ4n) is 4.65. The lowest BCUT2D eigenvalue weighted by Crippen LogP contribution is -2.57. The van der Waals surface area contributed by atoms with Gasteiger partial charge in [0.25, 0.3) is 5.91 Å². The summed E-state index contributed by atoms with van der Waals surface area (Å²) in [6, 6.07) is 9.83. The summed E-state index contributed by atoms with van der Waals surface area (Å²) in [5, 5.41) is 7.04. The van der Waals surface area contributed by atoms with Crippen LogP contribution in [0.15, 0.2) is 34.9 Å². The molecule has 1 aromatic heterocycles. The summed E-state index contributed by atoms with van der Waals surface area (Å²) in [6.07, 6.45) is 0.985. The Morgan fingerprint density at radius 2 is 2.00 bits per heavy atom. The first kappa shape index (κ1) is 19.6. The van der Waals surface area contributed by atoms with E-state index in [1.54, 1.807) is 0 Å². The molecule has 0 aliphatic carbocycles. The van der Waals surface area contributed by atoms with Crippen LogP contribution >= 0.6 is 0 Å². The van der Waals surface area contributed by atoms with Crippen molar-refractivity contribution in [3.8, 4) is 0 Å². The number of nitrogens with zero attached hydrogens (tertiary/aromatic N) is 3. The predicted octanol–water partition coefficient (Wildman–Crippen LogP) is 2.11. The summed E-state index contributed by atoms with van der Waals surface area (Å²) in [5.74, 6) is 0.405. The summed E-state index contributed by atoms with van der Waals surface area (Å²) in [7, 11) is 0. The largest absolute Gasteiger partial charge is 0.361 e. The normalized spacial score (nSPS) is 24.4. The second-order valence-corrected chi connectivity index (χ2v) is 8.12. The van der Waals surface area contributed by atoms with E-state index in [4.69, 9.17) is 4.52 Å². The Hall–Kier alpha value is -2.67. The first-order chi connectivity index (χ1) is 14.0. The zero-order valence-electron chi connectivity index (χ0n) is 17.2.